The van der Waals surface area contributed by atoms with Gasteiger partial charge in [-0.1, -0.05) is 42.5 Å². The zero-order chi connectivity index (χ0) is 18.4. The molecule has 3 rings (SSSR count). The van der Waals surface area contributed by atoms with Crippen molar-refractivity contribution in [2.75, 3.05) is 27.2 Å². The number of nitrogens with one attached hydrogen (secondary N) is 1. The molecule has 0 bridgehead atoms. The van der Waals surface area contributed by atoms with E-state index in [1.165, 1.54) is 5.56 Å². The van der Waals surface area contributed by atoms with Gasteiger partial charge in [-0.25, -0.2) is 4.79 Å². The Labute approximate surface area is 155 Å². The molecule has 0 radical (unpaired) electrons. The van der Waals surface area contributed by atoms with E-state index >= 15 is 0 Å². The Morgan fingerprint density at radius 3 is 2.50 bits per heavy atom. The van der Waals surface area contributed by atoms with E-state index in [2.05, 4.69) is 48.6 Å². The van der Waals surface area contributed by atoms with Crippen molar-refractivity contribution in [3.63, 3.8) is 0 Å². The molecule has 26 heavy (non-hydrogen) atoms. The number of hydrogen-bond acceptors (Lipinski definition) is 3. The molecule has 0 saturated carbocycles. The average molecular weight is 353 g/mol. The fourth-order valence-corrected chi connectivity index (χ4v) is 3.12. The second kappa shape index (κ2) is 8.72. The van der Waals surface area contributed by atoms with Crippen molar-refractivity contribution < 1.29 is 9.53 Å². The third-order valence-electron chi connectivity index (χ3n) is 4.44. The Balaban J connectivity index is 1.44. The zero-order valence-corrected chi connectivity index (χ0v) is 15.5. The fourth-order valence-electron chi connectivity index (χ4n) is 3.12. The summed E-state index contributed by atoms with van der Waals surface area (Å²) >= 11 is 0. The number of carbonyl (C=O) groups is 1. The van der Waals surface area contributed by atoms with Crippen LogP contribution < -0.4 is 10.1 Å². The molecule has 0 unspecified atom stereocenters. The van der Waals surface area contributed by atoms with Crippen molar-refractivity contribution in [1.29, 1.82) is 0 Å². The third-order valence-corrected chi connectivity index (χ3v) is 4.44. The SMILES string of the molecule is CN(C)Cc1ccc(CNC(=O)N2CC[C@H](Oc3ccccc3)C2)cc1. The molecule has 0 aromatic heterocycles. The Morgan fingerprint density at radius 1 is 1.12 bits per heavy atom. The number of hydrogen-bond donors (Lipinski definition) is 1. The van der Waals surface area contributed by atoms with E-state index in [1.54, 1.807) is 0 Å². The Kier molecular flexibility index (Phi) is 6.12. The number of para-hydroxylation sites is 1. The van der Waals surface area contributed by atoms with Gasteiger partial charge < -0.3 is 19.9 Å². The Hall–Kier alpha value is -2.53. The first kappa shape index (κ1) is 18.3. The molecular weight excluding hydrogens is 326 g/mol. The number of rotatable bonds is 6. The Morgan fingerprint density at radius 2 is 1.81 bits per heavy atom. The molecule has 1 atom stereocenters. The number of amides is 2. The highest BCUT2D eigenvalue weighted by Gasteiger charge is 2.27. The first-order chi connectivity index (χ1) is 12.6. The van der Waals surface area contributed by atoms with Gasteiger partial charge in [0.2, 0.25) is 0 Å². The van der Waals surface area contributed by atoms with Gasteiger partial charge in [-0.15, -0.1) is 0 Å². The molecule has 1 N–H and O–H groups in total. The molecule has 0 aliphatic carbocycles. The van der Waals surface area contributed by atoms with Crippen molar-refractivity contribution >= 4 is 6.03 Å². The van der Waals surface area contributed by atoms with Gasteiger partial charge in [-0.3, -0.25) is 0 Å². The van der Waals surface area contributed by atoms with E-state index in [0.29, 0.717) is 13.1 Å². The predicted octanol–water partition coefficient (Wildman–Crippen LogP) is 3.11. The van der Waals surface area contributed by atoms with E-state index in [0.717, 1.165) is 30.8 Å². The van der Waals surface area contributed by atoms with Gasteiger partial charge in [0, 0.05) is 26.1 Å². The first-order valence-electron chi connectivity index (χ1n) is 9.07. The minimum absolute atomic E-state index is 0.0264. The maximum absolute atomic E-state index is 12.4. The largest absolute Gasteiger partial charge is 0.489 e. The van der Waals surface area contributed by atoms with Crippen LogP contribution in [0.3, 0.4) is 0 Å². The molecule has 138 valence electrons. The zero-order valence-electron chi connectivity index (χ0n) is 15.5. The first-order valence-corrected chi connectivity index (χ1v) is 9.07. The van der Waals surface area contributed by atoms with Crippen LogP contribution in [0.25, 0.3) is 0 Å². The molecule has 1 heterocycles. The lowest BCUT2D eigenvalue weighted by Crippen LogP contribution is -2.39. The standard InChI is InChI=1S/C21H27N3O2/c1-23(2)15-18-10-8-17(9-11-18)14-22-21(25)24-13-12-20(16-24)26-19-6-4-3-5-7-19/h3-11,20H,12-16H2,1-2H3,(H,22,25)/t20-/m0/s1. The van der Waals surface area contributed by atoms with E-state index in [-0.39, 0.29) is 12.1 Å². The normalized spacial score (nSPS) is 16.7. The molecule has 1 aliphatic heterocycles. The number of nitrogens with zero attached hydrogens (tertiary/aromatic N) is 2. The summed E-state index contributed by atoms with van der Waals surface area (Å²) in [5, 5.41) is 3.01. The van der Waals surface area contributed by atoms with Crippen LogP contribution in [0.1, 0.15) is 17.5 Å². The predicted molar refractivity (Wildman–Crippen MR) is 103 cm³/mol. The summed E-state index contributed by atoms with van der Waals surface area (Å²) in [5.74, 6) is 0.859. The molecule has 2 aromatic carbocycles. The second-order valence-corrected chi connectivity index (χ2v) is 7.00. The van der Waals surface area contributed by atoms with Crippen LogP contribution in [-0.4, -0.2) is 49.1 Å². The maximum atomic E-state index is 12.4. The third kappa shape index (κ3) is 5.23. The lowest BCUT2D eigenvalue weighted by Gasteiger charge is -2.18. The number of likely N-dealkylation sites (tertiary alicyclic amines) is 1. The van der Waals surface area contributed by atoms with Gasteiger partial charge in [0.15, 0.2) is 0 Å². The topological polar surface area (TPSA) is 44.8 Å². The molecule has 5 heteroatoms. The quantitative estimate of drug-likeness (QED) is 0.868. The molecule has 0 spiro atoms. The van der Waals surface area contributed by atoms with Crippen LogP contribution in [-0.2, 0) is 13.1 Å². The maximum Gasteiger partial charge on any atom is 0.317 e. The monoisotopic (exact) mass is 353 g/mol. The van der Waals surface area contributed by atoms with Gasteiger partial charge in [0.25, 0.3) is 0 Å². The summed E-state index contributed by atoms with van der Waals surface area (Å²) in [7, 11) is 4.11. The van der Waals surface area contributed by atoms with Crippen LogP contribution >= 0.6 is 0 Å². The second-order valence-electron chi connectivity index (χ2n) is 7.00. The molecular formula is C21H27N3O2. The van der Waals surface area contributed by atoms with Crippen molar-refractivity contribution in [3.8, 4) is 5.75 Å². The van der Waals surface area contributed by atoms with Gasteiger partial charge in [-0.05, 0) is 37.4 Å². The summed E-state index contributed by atoms with van der Waals surface area (Å²) in [5.41, 5.74) is 2.38. The molecule has 1 saturated heterocycles. The van der Waals surface area contributed by atoms with Crippen LogP contribution in [0.15, 0.2) is 54.6 Å². The van der Waals surface area contributed by atoms with E-state index < -0.39 is 0 Å². The van der Waals surface area contributed by atoms with E-state index in [9.17, 15) is 4.79 Å². The van der Waals surface area contributed by atoms with Gasteiger partial charge in [0.05, 0.1) is 6.54 Å². The molecule has 5 nitrogen and oxygen atoms in total. The highest BCUT2D eigenvalue weighted by Crippen LogP contribution is 2.18. The van der Waals surface area contributed by atoms with Crippen LogP contribution in [0, 0.1) is 0 Å². The van der Waals surface area contributed by atoms with Crippen LogP contribution in [0.4, 0.5) is 4.79 Å². The summed E-state index contributed by atoms with van der Waals surface area (Å²) in [6.07, 6.45) is 0.926. The summed E-state index contributed by atoms with van der Waals surface area (Å²) in [6.45, 7) is 2.82. The van der Waals surface area contributed by atoms with Crippen LogP contribution in [0.5, 0.6) is 5.75 Å². The number of urea groups is 1. The lowest BCUT2D eigenvalue weighted by atomic mass is 10.1. The van der Waals surface area contributed by atoms with Crippen molar-refractivity contribution in [2.45, 2.75) is 25.6 Å². The van der Waals surface area contributed by atoms with Crippen molar-refractivity contribution in [1.82, 2.24) is 15.1 Å². The smallest absolute Gasteiger partial charge is 0.317 e. The summed E-state index contributed by atoms with van der Waals surface area (Å²) < 4.78 is 5.94. The summed E-state index contributed by atoms with van der Waals surface area (Å²) in [4.78, 5) is 16.3. The average Bonchev–Trinajstić information content (AvgIpc) is 3.10. The highest BCUT2D eigenvalue weighted by molar-refractivity contribution is 5.74. The molecule has 1 fully saturated rings. The minimum atomic E-state index is -0.0264. The number of ether oxygens (including phenoxy) is 1. The number of benzene rings is 2. The van der Waals surface area contributed by atoms with E-state index in [4.69, 9.17) is 4.74 Å². The summed E-state index contributed by atoms with van der Waals surface area (Å²) in [6, 6.07) is 18.1. The number of carbonyl (C=O) groups excluding carboxylic acids is 1. The van der Waals surface area contributed by atoms with Gasteiger partial charge in [0.1, 0.15) is 11.9 Å². The Bertz CT molecular complexity index is 701. The van der Waals surface area contributed by atoms with E-state index in [1.807, 2.05) is 35.2 Å². The lowest BCUT2D eigenvalue weighted by molar-refractivity contribution is 0.186. The van der Waals surface area contributed by atoms with Crippen molar-refractivity contribution in [2.24, 2.45) is 0 Å². The molecule has 1 aliphatic rings. The van der Waals surface area contributed by atoms with Gasteiger partial charge >= 0.3 is 6.03 Å². The molecule has 2 amide bonds. The molecule has 2 aromatic rings. The van der Waals surface area contributed by atoms with Crippen molar-refractivity contribution in [3.05, 3.63) is 65.7 Å². The van der Waals surface area contributed by atoms with Crippen LogP contribution in [0.2, 0.25) is 0 Å². The highest BCUT2D eigenvalue weighted by atomic mass is 16.5. The fraction of sp³-hybridized carbons (Fsp3) is 0.381. The van der Waals surface area contributed by atoms with Gasteiger partial charge in [-0.2, -0.15) is 0 Å². The minimum Gasteiger partial charge on any atom is -0.489 e.